The summed E-state index contributed by atoms with van der Waals surface area (Å²) in [6.07, 6.45) is 1.84. The second-order valence-electron chi connectivity index (χ2n) is 5.42. The van der Waals surface area contributed by atoms with Crippen molar-refractivity contribution in [2.45, 2.75) is 19.3 Å². The highest BCUT2D eigenvalue weighted by molar-refractivity contribution is 5.80. The normalized spacial score (nSPS) is 17.9. The largest absolute Gasteiger partial charge is 0.453 e. The van der Waals surface area contributed by atoms with Gasteiger partial charge in [0.15, 0.2) is 0 Å². The average Bonchev–Trinajstić information content (AvgIpc) is 2.56. The summed E-state index contributed by atoms with van der Waals surface area (Å²) in [7, 11) is 1.34. The summed E-state index contributed by atoms with van der Waals surface area (Å²) in [6.45, 7) is 1.53. The van der Waals surface area contributed by atoms with Crippen molar-refractivity contribution in [1.29, 1.82) is 0 Å². The first-order valence-electron chi connectivity index (χ1n) is 7.45. The van der Waals surface area contributed by atoms with Crippen LogP contribution in [0.4, 0.5) is 9.18 Å². The minimum absolute atomic E-state index is 0.0456. The Kier molecular flexibility index (Phi) is 5.75. The zero-order chi connectivity index (χ0) is 15.9. The van der Waals surface area contributed by atoms with E-state index in [1.165, 1.54) is 19.2 Å². The molecule has 0 bridgehead atoms. The first kappa shape index (κ1) is 16.3. The summed E-state index contributed by atoms with van der Waals surface area (Å²) < 4.78 is 17.5. The van der Waals surface area contributed by atoms with Crippen LogP contribution in [0.15, 0.2) is 24.3 Å². The highest BCUT2D eigenvalue weighted by Crippen LogP contribution is 2.17. The van der Waals surface area contributed by atoms with Crippen molar-refractivity contribution >= 4 is 12.0 Å². The molecule has 2 rings (SSSR count). The molecule has 0 aromatic heterocycles. The number of halogens is 1. The number of methoxy groups -OCH3 is 1. The van der Waals surface area contributed by atoms with Crippen molar-refractivity contribution < 1.29 is 18.7 Å². The smallest absolute Gasteiger partial charge is 0.409 e. The summed E-state index contributed by atoms with van der Waals surface area (Å²) in [4.78, 5) is 25.2. The maximum atomic E-state index is 12.8. The van der Waals surface area contributed by atoms with Crippen LogP contribution >= 0.6 is 0 Å². The van der Waals surface area contributed by atoms with E-state index in [0.717, 1.165) is 18.4 Å². The molecular weight excluding hydrogens is 287 g/mol. The third-order valence-electron chi connectivity index (χ3n) is 3.85. The van der Waals surface area contributed by atoms with Gasteiger partial charge in [0.25, 0.3) is 0 Å². The fourth-order valence-electron chi connectivity index (χ4n) is 2.61. The molecule has 5 nitrogen and oxygen atoms in total. The number of rotatable bonds is 4. The summed E-state index contributed by atoms with van der Waals surface area (Å²) in [5.41, 5.74) is 0.974. The number of piperidine rings is 1. The fourth-order valence-corrected chi connectivity index (χ4v) is 2.61. The average molecular weight is 308 g/mol. The van der Waals surface area contributed by atoms with E-state index in [1.807, 2.05) is 0 Å². The number of carbonyl (C=O) groups is 2. The predicted molar refractivity (Wildman–Crippen MR) is 79.8 cm³/mol. The summed E-state index contributed by atoms with van der Waals surface area (Å²) in [5.74, 6) is -0.505. The quantitative estimate of drug-likeness (QED) is 0.925. The molecule has 1 aromatic carbocycles. The highest BCUT2D eigenvalue weighted by Gasteiger charge is 2.28. The number of nitrogens with zero attached hydrogens (tertiary/aromatic N) is 1. The lowest BCUT2D eigenvalue weighted by Crippen LogP contribution is -2.45. The molecule has 0 radical (unpaired) electrons. The number of likely N-dealkylation sites (tertiary alicyclic amines) is 1. The Bertz CT molecular complexity index is 519. The van der Waals surface area contributed by atoms with Crippen LogP contribution in [0.5, 0.6) is 0 Å². The minimum Gasteiger partial charge on any atom is -0.453 e. The van der Waals surface area contributed by atoms with Gasteiger partial charge in [-0.15, -0.1) is 0 Å². The molecule has 120 valence electrons. The minimum atomic E-state index is -0.385. The van der Waals surface area contributed by atoms with Crippen LogP contribution < -0.4 is 5.32 Å². The van der Waals surface area contributed by atoms with Crippen molar-refractivity contribution in [3.05, 3.63) is 35.6 Å². The molecule has 1 N–H and O–H groups in total. The zero-order valence-corrected chi connectivity index (χ0v) is 12.7. The Morgan fingerprint density at radius 3 is 2.77 bits per heavy atom. The van der Waals surface area contributed by atoms with Crippen LogP contribution in [-0.2, 0) is 16.0 Å². The van der Waals surface area contributed by atoms with Gasteiger partial charge in [0, 0.05) is 19.6 Å². The predicted octanol–water partition coefficient (Wildman–Crippen LogP) is 1.96. The molecule has 1 unspecified atom stereocenters. The van der Waals surface area contributed by atoms with Crippen molar-refractivity contribution in [2.24, 2.45) is 5.92 Å². The van der Waals surface area contributed by atoms with E-state index in [2.05, 4.69) is 5.32 Å². The Labute approximate surface area is 129 Å². The van der Waals surface area contributed by atoms with Gasteiger partial charge in [0.05, 0.1) is 13.0 Å². The van der Waals surface area contributed by atoms with Crippen LogP contribution in [0.2, 0.25) is 0 Å². The van der Waals surface area contributed by atoms with Gasteiger partial charge in [-0.2, -0.15) is 0 Å². The molecule has 1 heterocycles. The molecule has 1 aliphatic heterocycles. The SMILES string of the molecule is COC(=O)N1CCCC(C(=O)NCCc2ccc(F)cc2)C1. The van der Waals surface area contributed by atoms with E-state index in [-0.39, 0.29) is 23.7 Å². The molecule has 6 heteroatoms. The summed E-state index contributed by atoms with van der Waals surface area (Å²) >= 11 is 0. The first-order valence-corrected chi connectivity index (χ1v) is 7.45. The van der Waals surface area contributed by atoms with E-state index in [0.29, 0.717) is 26.1 Å². The molecular formula is C16H21FN2O3. The first-order chi connectivity index (χ1) is 10.6. The number of carbonyl (C=O) groups excluding carboxylic acids is 2. The van der Waals surface area contributed by atoms with Gasteiger partial charge in [-0.05, 0) is 37.0 Å². The van der Waals surface area contributed by atoms with Gasteiger partial charge in [-0.25, -0.2) is 9.18 Å². The second kappa shape index (κ2) is 7.77. The lowest BCUT2D eigenvalue weighted by Gasteiger charge is -2.30. The van der Waals surface area contributed by atoms with Crippen molar-refractivity contribution in [2.75, 3.05) is 26.7 Å². The van der Waals surface area contributed by atoms with Crippen LogP contribution in [0.25, 0.3) is 0 Å². The zero-order valence-electron chi connectivity index (χ0n) is 12.7. The maximum absolute atomic E-state index is 12.8. The Morgan fingerprint density at radius 1 is 1.36 bits per heavy atom. The van der Waals surface area contributed by atoms with Crippen LogP contribution in [0, 0.1) is 11.7 Å². The third kappa shape index (κ3) is 4.44. The van der Waals surface area contributed by atoms with Crippen LogP contribution in [-0.4, -0.2) is 43.6 Å². The monoisotopic (exact) mass is 308 g/mol. The molecule has 0 saturated carbocycles. The second-order valence-corrected chi connectivity index (χ2v) is 5.42. The summed E-state index contributed by atoms with van der Waals surface area (Å²) in [5, 5.41) is 2.88. The van der Waals surface area contributed by atoms with Crippen LogP contribution in [0.1, 0.15) is 18.4 Å². The number of amides is 2. The lowest BCUT2D eigenvalue weighted by molar-refractivity contribution is -0.126. The van der Waals surface area contributed by atoms with Gasteiger partial charge < -0.3 is 15.0 Å². The van der Waals surface area contributed by atoms with Crippen molar-refractivity contribution in [3.63, 3.8) is 0 Å². The Hall–Kier alpha value is -2.11. The third-order valence-corrected chi connectivity index (χ3v) is 3.85. The Morgan fingerprint density at radius 2 is 2.09 bits per heavy atom. The van der Waals surface area contributed by atoms with E-state index < -0.39 is 0 Å². The molecule has 1 aromatic rings. The maximum Gasteiger partial charge on any atom is 0.409 e. The molecule has 22 heavy (non-hydrogen) atoms. The van der Waals surface area contributed by atoms with Crippen molar-refractivity contribution in [3.8, 4) is 0 Å². The van der Waals surface area contributed by atoms with E-state index in [4.69, 9.17) is 4.74 Å². The standard InChI is InChI=1S/C16H21FN2O3/c1-22-16(21)19-10-2-3-13(11-19)15(20)18-9-8-12-4-6-14(17)7-5-12/h4-7,13H,2-3,8-11H2,1H3,(H,18,20). The van der Waals surface area contributed by atoms with E-state index >= 15 is 0 Å². The van der Waals surface area contributed by atoms with Gasteiger partial charge in [0.1, 0.15) is 5.82 Å². The molecule has 1 aliphatic rings. The topological polar surface area (TPSA) is 58.6 Å². The highest BCUT2D eigenvalue weighted by atomic mass is 19.1. The fraction of sp³-hybridized carbons (Fsp3) is 0.500. The molecule has 1 atom stereocenters. The van der Waals surface area contributed by atoms with E-state index in [1.54, 1.807) is 17.0 Å². The van der Waals surface area contributed by atoms with Gasteiger partial charge >= 0.3 is 6.09 Å². The number of ether oxygens (including phenoxy) is 1. The van der Waals surface area contributed by atoms with Gasteiger partial charge in [-0.1, -0.05) is 12.1 Å². The molecule has 0 spiro atoms. The van der Waals surface area contributed by atoms with E-state index in [9.17, 15) is 14.0 Å². The molecule has 1 fully saturated rings. The van der Waals surface area contributed by atoms with Crippen LogP contribution in [0.3, 0.4) is 0 Å². The lowest BCUT2D eigenvalue weighted by atomic mass is 9.97. The molecule has 1 saturated heterocycles. The van der Waals surface area contributed by atoms with Gasteiger partial charge in [0.2, 0.25) is 5.91 Å². The van der Waals surface area contributed by atoms with Crippen molar-refractivity contribution in [1.82, 2.24) is 10.2 Å². The van der Waals surface area contributed by atoms with Gasteiger partial charge in [-0.3, -0.25) is 4.79 Å². The Balaban J connectivity index is 1.77. The summed E-state index contributed by atoms with van der Waals surface area (Å²) in [6, 6.07) is 6.24. The number of benzene rings is 1. The number of nitrogens with one attached hydrogen (secondary N) is 1. The molecule has 0 aliphatic carbocycles. The molecule has 2 amide bonds. The number of hydrogen-bond donors (Lipinski definition) is 1. The number of hydrogen-bond acceptors (Lipinski definition) is 3.